The number of hydrogen-bond acceptors (Lipinski definition) is 3. The first kappa shape index (κ1) is 13.1. The van der Waals surface area contributed by atoms with Crippen molar-refractivity contribution >= 4 is 11.6 Å². The van der Waals surface area contributed by atoms with Crippen molar-refractivity contribution in [2.45, 2.75) is 13.0 Å². The van der Waals surface area contributed by atoms with E-state index in [1.807, 2.05) is 41.1 Å². The predicted octanol–water partition coefficient (Wildman–Crippen LogP) is 1.50. The second-order valence-electron chi connectivity index (χ2n) is 4.22. The molecule has 1 aromatic heterocycles. The van der Waals surface area contributed by atoms with Crippen LogP contribution in [-0.2, 0) is 11.3 Å². The van der Waals surface area contributed by atoms with Gasteiger partial charge in [0.1, 0.15) is 0 Å². The number of amides is 1. The average molecular weight is 258 g/mol. The van der Waals surface area contributed by atoms with Crippen LogP contribution in [-0.4, -0.2) is 28.5 Å². The Morgan fingerprint density at radius 3 is 2.84 bits per heavy atom. The van der Waals surface area contributed by atoms with Crippen molar-refractivity contribution in [3.05, 3.63) is 49.1 Å². The molecule has 0 saturated carbocycles. The second kappa shape index (κ2) is 7.20. The molecule has 2 aromatic rings. The molecule has 0 bridgehead atoms. The summed E-state index contributed by atoms with van der Waals surface area (Å²) in [6, 6.07) is 9.69. The first-order chi connectivity index (χ1) is 9.34. The van der Waals surface area contributed by atoms with Crippen molar-refractivity contribution < 1.29 is 4.79 Å². The molecule has 1 amide bonds. The highest BCUT2D eigenvalue weighted by atomic mass is 16.1. The van der Waals surface area contributed by atoms with E-state index in [0.29, 0.717) is 13.1 Å². The molecule has 1 aromatic carbocycles. The van der Waals surface area contributed by atoms with Crippen LogP contribution >= 0.6 is 0 Å². The van der Waals surface area contributed by atoms with Gasteiger partial charge in [-0.2, -0.15) is 0 Å². The van der Waals surface area contributed by atoms with Crippen molar-refractivity contribution in [3.63, 3.8) is 0 Å². The molecular formula is C14H18N4O. The molecule has 100 valence electrons. The zero-order valence-corrected chi connectivity index (χ0v) is 10.7. The largest absolute Gasteiger partial charge is 0.376 e. The van der Waals surface area contributed by atoms with Gasteiger partial charge in [0.2, 0.25) is 5.91 Å². The predicted molar refractivity (Wildman–Crippen MR) is 74.8 cm³/mol. The van der Waals surface area contributed by atoms with Gasteiger partial charge in [0.05, 0.1) is 12.9 Å². The van der Waals surface area contributed by atoms with E-state index >= 15 is 0 Å². The maximum atomic E-state index is 11.6. The van der Waals surface area contributed by atoms with Gasteiger partial charge in [-0.3, -0.25) is 4.79 Å². The summed E-state index contributed by atoms with van der Waals surface area (Å²) in [6.07, 6.45) is 6.34. The van der Waals surface area contributed by atoms with E-state index in [2.05, 4.69) is 15.6 Å². The van der Waals surface area contributed by atoms with Crippen LogP contribution in [0.3, 0.4) is 0 Å². The lowest BCUT2D eigenvalue weighted by Crippen LogP contribution is -2.31. The smallest absolute Gasteiger partial charge is 0.239 e. The van der Waals surface area contributed by atoms with Gasteiger partial charge >= 0.3 is 0 Å². The molecule has 0 fully saturated rings. The topological polar surface area (TPSA) is 59.0 Å². The minimum Gasteiger partial charge on any atom is -0.376 e. The molecular weight excluding hydrogens is 240 g/mol. The van der Waals surface area contributed by atoms with Crippen LogP contribution in [0.4, 0.5) is 5.69 Å². The number of imidazole rings is 1. The van der Waals surface area contributed by atoms with Crippen LogP contribution in [0.15, 0.2) is 49.1 Å². The Morgan fingerprint density at radius 1 is 1.26 bits per heavy atom. The van der Waals surface area contributed by atoms with E-state index in [9.17, 15) is 4.79 Å². The number of nitrogens with one attached hydrogen (secondary N) is 2. The molecule has 0 aliphatic heterocycles. The van der Waals surface area contributed by atoms with Gasteiger partial charge in [0, 0.05) is 31.2 Å². The SMILES string of the molecule is O=C(CNc1ccccc1)NCCCn1ccnc1. The molecule has 0 spiro atoms. The zero-order chi connectivity index (χ0) is 13.3. The summed E-state index contributed by atoms with van der Waals surface area (Å²) >= 11 is 0. The van der Waals surface area contributed by atoms with Gasteiger partial charge in [-0.05, 0) is 18.6 Å². The average Bonchev–Trinajstić information content (AvgIpc) is 2.96. The monoisotopic (exact) mass is 258 g/mol. The third kappa shape index (κ3) is 4.83. The molecule has 1 heterocycles. The Hall–Kier alpha value is -2.30. The highest BCUT2D eigenvalue weighted by Crippen LogP contribution is 2.03. The van der Waals surface area contributed by atoms with Gasteiger partial charge in [-0.25, -0.2) is 4.98 Å². The molecule has 0 aliphatic rings. The number of nitrogens with zero attached hydrogens (tertiary/aromatic N) is 2. The number of anilines is 1. The lowest BCUT2D eigenvalue weighted by molar-refractivity contribution is -0.119. The fourth-order valence-corrected chi connectivity index (χ4v) is 1.71. The number of benzene rings is 1. The molecule has 5 nitrogen and oxygen atoms in total. The Labute approximate surface area is 112 Å². The minimum atomic E-state index is 0.00878. The number of hydrogen-bond donors (Lipinski definition) is 2. The summed E-state index contributed by atoms with van der Waals surface area (Å²) in [5.74, 6) is 0.00878. The number of aromatic nitrogens is 2. The van der Waals surface area contributed by atoms with Crippen molar-refractivity contribution in [1.82, 2.24) is 14.9 Å². The summed E-state index contributed by atoms with van der Waals surface area (Å²) in [5, 5.41) is 5.95. The van der Waals surface area contributed by atoms with Gasteiger partial charge in [-0.15, -0.1) is 0 Å². The molecule has 19 heavy (non-hydrogen) atoms. The molecule has 0 aliphatic carbocycles. The molecule has 0 saturated heterocycles. The number of para-hydroxylation sites is 1. The van der Waals surface area contributed by atoms with Gasteiger partial charge in [0.15, 0.2) is 0 Å². The first-order valence-electron chi connectivity index (χ1n) is 6.36. The highest BCUT2D eigenvalue weighted by molar-refractivity contribution is 5.80. The van der Waals surface area contributed by atoms with E-state index in [-0.39, 0.29) is 5.91 Å². The third-order valence-corrected chi connectivity index (χ3v) is 2.70. The van der Waals surface area contributed by atoms with Crippen LogP contribution in [0, 0.1) is 0 Å². The Bertz CT molecular complexity index is 481. The Kier molecular flexibility index (Phi) is 4.98. The molecule has 2 N–H and O–H groups in total. The van der Waals surface area contributed by atoms with Crippen molar-refractivity contribution in [2.24, 2.45) is 0 Å². The summed E-state index contributed by atoms with van der Waals surface area (Å²) in [6.45, 7) is 1.84. The van der Waals surface area contributed by atoms with Gasteiger partial charge in [-0.1, -0.05) is 18.2 Å². The molecule has 0 radical (unpaired) electrons. The van der Waals surface area contributed by atoms with Crippen molar-refractivity contribution in [2.75, 3.05) is 18.4 Å². The normalized spacial score (nSPS) is 10.1. The summed E-state index contributed by atoms with van der Waals surface area (Å²) in [4.78, 5) is 15.5. The lowest BCUT2D eigenvalue weighted by Gasteiger charge is -2.07. The Morgan fingerprint density at radius 2 is 2.11 bits per heavy atom. The fourth-order valence-electron chi connectivity index (χ4n) is 1.71. The van der Waals surface area contributed by atoms with Crippen molar-refractivity contribution in [1.29, 1.82) is 0 Å². The maximum absolute atomic E-state index is 11.6. The van der Waals surface area contributed by atoms with E-state index in [1.54, 1.807) is 12.5 Å². The van der Waals surface area contributed by atoms with Crippen LogP contribution in [0.1, 0.15) is 6.42 Å². The van der Waals surface area contributed by atoms with E-state index < -0.39 is 0 Å². The molecule has 0 unspecified atom stereocenters. The van der Waals surface area contributed by atoms with E-state index in [0.717, 1.165) is 18.7 Å². The van der Waals surface area contributed by atoms with Gasteiger partial charge in [0.25, 0.3) is 0 Å². The highest BCUT2D eigenvalue weighted by Gasteiger charge is 2.00. The number of carbonyl (C=O) groups excluding carboxylic acids is 1. The van der Waals surface area contributed by atoms with Crippen molar-refractivity contribution in [3.8, 4) is 0 Å². The van der Waals surface area contributed by atoms with Gasteiger partial charge < -0.3 is 15.2 Å². The maximum Gasteiger partial charge on any atom is 0.239 e. The van der Waals surface area contributed by atoms with Crippen LogP contribution in [0.5, 0.6) is 0 Å². The van der Waals surface area contributed by atoms with Crippen LogP contribution in [0.25, 0.3) is 0 Å². The van der Waals surface area contributed by atoms with Crippen LogP contribution < -0.4 is 10.6 Å². The standard InChI is InChI=1S/C14H18N4O/c19-14(11-17-13-5-2-1-3-6-13)16-7-4-9-18-10-8-15-12-18/h1-3,5-6,8,10,12,17H,4,7,9,11H2,(H,16,19). The minimum absolute atomic E-state index is 0.00878. The lowest BCUT2D eigenvalue weighted by atomic mass is 10.3. The number of carbonyl (C=O) groups is 1. The van der Waals surface area contributed by atoms with E-state index in [4.69, 9.17) is 0 Å². The summed E-state index contributed by atoms with van der Waals surface area (Å²) in [7, 11) is 0. The first-order valence-corrected chi connectivity index (χ1v) is 6.36. The number of rotatable bonds is 7. The molecule has 5 heteroatoms. The quantitative estimate of drug-likeness (QED) is 0.740. The molecule has 0 atom stereocenters. The summed E-state index contributed by atoms with van der Waals surface area (Å²) < 4.78 is 1.99. The Balaban J connectivity index is 1.57. The van der Waals surface area contributed by atoms with Crippen LogP contribution in [0.2, 0.25) is 0 Å². The van der Waals surface area contributed by atoms with E-state index in [1.165, 1.54) is 0 Å². The zero-order valence-electron chi connectivity index (χ0n) is 10.7. The second-order valence-corrected chi connectivity index (χ2v) is 4.22. The summed E-state index contributed by atoms with van der Waals surface area (Å²) in [5.41, 5.74) is 0.955. The third-order valence-electron chi connectivity index (χ3n) is 2.70. The fraction of sp³-hybridized carbons (Fsp3) is 0.286. The molecule has 2 rings (SSSR count). The number of aryl methyl sites for hydroxylation is 1.